The van der Waals surface area contributed by atoms with E-state index < -0.39 is 0 Å². The average molecular weight is 290 g/mol. The maximum atomic E-state index is 12.2. The van der Waals surface area contributed by atoms with Gasteiger partial charge in [0.15, 0.2) is 0 Å². The first kappa shape index (κ1) is 15.8. The summed E-state index contributed by atoms with van der Waals surface area (Å²) >= 11 is 0. The smallest absolute Gasteiger partial charge is 0.223 e. The van der Waals surface area contributed by atoms with E-state index in [0.717, 1.165) is 30.8 Å². The molecule has 21 heavy (non-hydrogen) atoms. The standard InChI is InChI=1S/C17H26N2O2/c1-4-11-21-14-7-5-13(6-8-14)17-15(18)9-10-16(20)19(17)12(2)3/h5-8,12,15,17H,4,9-11,18H2,1-3H3. The van der Waals surface area contributed by atoms with Crippen LogP contribution in [0.2, 0.25) is 0 Å². The number of nitrogens with two attached hydrogens (primary N) is 1. The first-order valence-corrected chi connectivity index (χ1v) is 7.84. The zero-order valence-corrected chi connectivity index (χ0v) is 13.2. The van der Waals surface area contributed by atoms with E-state index in [1.54, 1.807) is 0 Å². The third-order valence-corrected chi connectivity index (χ3v) is 3.94. The van der Waals surface area contributed by atoms with Gasteiger partial charge in [0.1, 0.15) is 5.75 Å². The molecule has 1 heterocycles. The number of rotatable bonds is 5. The fourth-order valence-corrected chi connectivity index (χ4v) is 2.94. The van der Waals surface area contributed by atoms with Crippen molar-refractivity contribution in [3.63, 3.8) is 0 Å². The molecule has 0 radical (unpaired) electrons. The molecule has 0 saturated carbocycles. The molecule has 2 N–H and O–H groups in total. The topological polar surface area (TPSA) is 55.6 Å². The summed E-state index contributed by atoms with van der Waals surface area (Å²) in [4.78, 5) is 14.1. The minimum atomic E-state index is -0.0357. The summed E-state index contributed by atoms with van der Waals surface area (Å²) in [6.07, 6.45) is 2.29. The SMILES string of the molecule is CCCOc1ccc(C2C(N)CCC(=O)N2C(C)C)cc1. The minimum absolute atomic E-state index is 0.00694. The number of hydrogen-bond donors (Lipinski definition) is 1. The van der Waals surface area contributed by atoms with E-state index in [9.17, 15) is 4.79 Å². The maximum absolute atomic E-state index is 12.2. The second-order valence-electron chi connectivity index (χ2n) is 5.96. The highest BCUT2D eigenvalue weighted by atomic mass is 16.5. The van der Waals surface area contributed by atoms with Crippen LogP contribution in [0.25, 0.3) is 0 Å². The number of likely N-dealkylation sites (tertiary alicyclic amines) is 1. The lowest BCUT2D eigenvalue weighted by Gasteiger charge is -2.42. The van der Waals surface area contributed by atoms with Gasteiger partial charge in [-0.25, -0.2) is 0 Å². The fraction of sp³-hybridized carbons (Fsp3) is 0.588. The summed E-state index contributed by atoms with van der Waals surface area (Å²) in [7, 11) is 0. The van der Waals surface area contributed by atoms with Crippen LogP contribution in [-0.2, 0) is 4.79 Å². The summed E-state index contributed by atoms with van der Waals surface area (Å²) in [5.41, 5.74) is 7.39. The van der Waals surface area contributed by atoms with E-state index >= 15 is 0 Å². The van der Waals surface area contributed by atoms with Crippen LogP contribution in [0.4, 0.5) is 0 Å². The van der Waals surface area contributed by atoms with Gasteiger partial charge < -0.3 is 15.4 Å². The molecule has 1 saturated heterocycles. The van der Waals surface area contributed by atoms with Crippen molar-refractivity contribution in [3.05, 3.63) is 29.8 Å². The lowest BCUT2D eigenvalue weighted by molar-refractivity contribution is -0.139. The van der Waals surface area contributed by atoms with E-state index in [0.29, 0.717) is 6.42 Å². The summed E-state index contributed by atoms with van der Waals surface area (Å²) in [5.74, 6) is 1.07. The number of carbonyl (C=O) groups excluding carboxylic acids is 1. The molecule has 1 fully saturated rings. The predicted molar refractivity (Wildman–Crippen MR) is 84.2 cm³/mol. The predicted octanol–water partition coefficient (Wildman–Crippen LogP) is 2.87. The number of hydrogen-bond acceptors (Lipinski definition) is 3. The Morgan fingerprint density at radius 2 is 2.00 bits per heavy atom. The number of amides is 1. The van der Waals surface area contributed by atoms with Crippen LogP contribution in [0.5, 0.6) is 5.75 Å². The molecule has 0 aromatic heterocycles. The van der Waals surface area contributed by atoms with E-state index in [1.165, 1.54) is 0 Å². The molecule has 0 spiro atoms. The molecule has 0 bridgehead atoms. The Morgan fingerprint density at radius 1 is 1.33 bits per heavy atom. The highest BCUT2D eigenvalue weighted by Gasteiger charge is 2.36. The molecule has 1 aliphatic rings. The van der Waals surface area contributed by atoms with Crippen molar-refractivity contribution in [1.29, 1.82) is 0 Å². The second kappa shape index (κ2) is 6.94. The van der Waals surface area contributed by atoms with Gasteiger partial charge in [0.25, 0.3) is 0 Å². The average Bonchev–Trinajstić information content (AvgIpc) is 2.47. The Hall–Kier alpha value is -1.55. The Kier molecular flexibility index (Phi) is 5.23. The third-order valence-electron chi connectivity index (χ3n) is 3.94. The number of carbonyl (C=O) groups is 1. The van der Waals surface area contributed by atoms with Gasteiger partial charge in [0.2, 0.25) is 5.91 Å². The van der Waals surface area contributed by atoms with Crippen molar-refractivity contribution in [2.75, 3.05) is 6.61 Å². The van der Waals surface area contributed by atoms with Crippen LogP contribution in [0.3, 0.4) is 0 Å². The molecule has 2 atom stereocenters. The van der Waals surface area contributed by atoms with Crippen molar-refractivity contribution in [1.82, 2.24) is 4.90 Å². The van der Waals surface area contributed by atoms with Crippen LogP contribution in [0.1, 0.15) is 51.6 Å². The number of piperidine rings is 1. The Bertz CT molecular complexity index is 470. The molecule has 2 rings (SSSR count). The van der Waals surface area contributed by atoms with Crippen molar-refractivity contribution in [3.8, 4) is 5.75 Å². The molecule has 4 nitrogen and oxygen atoms in total. The lowest BCUT2D eigenvalue weighted by Crippen LogP contribution is -2.51. The van der Waals surface area contributed by atoms with Crippen molar-refractivity contribution in [2.24, 2.45) is 5.73 Å². The van der Waals surface area contributed by atoms with Gasteiger partial charge in [0, 0.05) is 18.5 Å². The monoisotopic (exact) mass is 290 g/mol. The molecule has 116 valence electrons. The first-order valence-electron chi connectivity index (χ1n) is 7.84. The quantitative estimate of drug-likeness (QED) is 0.907. The fourth-order valence-electron chi connectivity index (χ4n) is 2.94. The molecule has 1 aliphatic heterocycles. The Balaban J connectivity index is 2.22. The van der Waals surface area contributed by atoms with Crippen LogP contribution >= 0.6 is 0 Å². The lowest BCUT2D eigenvalue weighted by atomic mass is 9.89. The van der Waals surface area contributed by atoms with E-state index in [2.05, 4.69) is 6.92 Å². The summed E-state index contributed by atoms with van der Waals surface area (Å²) < 4.78 is 5.61. The summed E-state index contributed by atoms with van der Waals surface area (Å²) in [6.45, 7) is 6.89. The summed E-state index contributed by atoms with van der Waals surface area (Å²) in [6, 6.07) is 8.11. The van der Waals surface area contributed by atoms with E-state index in [-0.39, 0.29) is 24.0 Å². The van der Waals surface area contributed by atoms with Crippen LogP contribution < -0.4 is 10.5 Å². The Labute approximate surface area is 127 Å². The van der Waals surface area contributed by atoms with Crippen molar-refractivity contribution < 1.29 is 9.53 Å². The van der Waals surface area contributed by atoms with Gasteiger partial charge in [-0.1, -0.05) is 19.1 Å². The molecule has 1 aromatic carbocycles. The van der Waals surface area contributed by atoms with Crippen LogP contribution in [0.15, 0.2) is 24.3 Å². The zero-order chi connectivity index (χ0) is 15.4. The Morgan fingerprint density at radius 3 is 2.57 bits per heavy atom. The molecule has 1 amide bonds. The molecule has 2 unspecified atom stereocenters. The first-order chi connectivity index (χ1) is 10.0. The number of ether oxygens (including phenoxy) is 1. The second-order valence-corrected chi connectivity index (χ2v) is 5.96. The number of benzene rings is 1. The normalized spacial score (nSPS) is 22.7. The minimum Gasteiger partial charge on any atom is -0.494 e. The van der Waals surface area contributed by atoms with Gasteiger partial charge >= 0.3 is 0 Å². The van der Waals surface area contributed by atoms with E-state index in [4.69, 9.17) is 10.5 Å². The van der Waals surface area contributed by atoms with Gasteiger partial charge in [-0.05, 0) is 44.4 Å². The van der Waals surface area contributed by atoms with Crippen LogP contribution in [-0.4, -0.2) is 29.5 Å². The highest BCUT2D eigenvalue weighted by molar-refractivity contribution is 5.78. The van der Waals surface area contributed by atoms with Gasteiger partial charge in [-0.3, -0.25) is 4.79 Å². The maximum Gasteiger partial charge on any atom is 0.223 e. The van der Waals surface area contributed by atoms with Crippen LogP contribution in [0, 0.1) is 0 Å². The molecule has 4 heteroatoms. The molecule has 1 aromatic rings. The zero-order valence-electron chi connectivity index (χ0n) is 13.2. The van der Waals surface area contributed by atoms with Gasteiger partial charge in [-0.15, -0.1) is 0 Å². The third kappa shape index (κ3) is 3.56. The van der Waals surface area contributed by atoms with Crippen molar-refractivity contribution >= 4 is 5.91 Å². The van der Waals surface area contributed by atoms with Gasteiger partial charge in [0.05, 0.1) is 12.6 Å². The van der Waals surface area contributed by atoms with E-state index in [1.807, 2.05) is 43.0 Å². The molecular formula is C17H26N2O2. The molecular weight excluding hydrogens is 264 g/mol. The largest absolute Gasteiger partial charge is 0.494 e. The number of nitrogens with zero attached hydrogens (tertiary/aromatic N) is 1. The van der Waals surface area contributed by atoms with Gasteiger partial charge in [-0.2, -0.15) is 0 Å². The highest BCUT2D eigenvalue weighted by Crippen LogP contribution is 2.33. The summed E-state index contributed by atoms with van der Waals surface area (Å²) in [5, 5.41) is 0. The molecule has 0 aliphatic carbocycles. The van der Waals surface area contributed by atoms with Crippen molar-refractivity contribution in [2.45, 2.75) is 58.2 Å².